The lowest BCUT2D eigenvalue weighted by Crippen LogP contribution is -2.13. The van der Waals surface area contributed by atoms with Crippen LogP contribution in [0.3, 0.4) is 0 Å². The third-order valence-electron chi connectivity index (χ3n) is 4.51. The highest BCUT2D eigenvalue weighted by Crippen LogP contribution is 2.18. The van der Waals surface area contributed by atoms with E-state index in [1.54, 1.807) is 48.5 Å². The van der Waals surface area contributed by atoms with Crippen LogP contribution in [0.25, 0.3) is 0 Å². The van der Waals surface area contributed by atoms with E-state index in [0.29, 0.717) is 42.3 Å². The first-order chi connectivity index (χ1) is 15.8. The van der Waals surface area contributed by atoms with Crippen molar-refractivity contribution in [3.63, 3.8) is 0 Å². The van der Waals surface area contributed by atoms with E-state index in [1.165, 1.54) is 0 Å². The van der Waals surface area contributed by atoms with Crippen molar-refractivity contribution < 1.29 is 8.42 Å². The number of anilines is 4. The number of aromatic nitrogens is 3. The summed E-state index contributed by atoms with van der Waals surface area (Å²) in [6, 6.07) is 13.6. The van der Waals surface area contributed by atoms with E-state index in [-0.39, 0.29) is 4.90 Å². The molecule has 0 aliphatic carbocycles. The van der Waals surface area contributed by atoms with Gasteiger partial charge >= 0.3 is 0 Å². The second-order valence-electron chi connectivity index (χ2n) is 7.17. The number of benzene rings is 2. The molecule has 1 aromatic heterocycles. The van der Waals surface area contributed by atoms with Crippen LogP contribution in [0.5, 0.6) is 0 Å². The summed E-state index contributed by atoms with van der Waals surface area (Å²) in [6.45, 7) is 9.00. The summed E-state index contributed by atoms with van der Waals surface area (Å²) in [5, 5.41) is 10.5. The van der Waals surface area contributed by atoms with Gasteiger partial charge in [-0.25, -0.2) is 13.8 Å². The molecule has 0 spiro atoms. The van der Waals surface area contributed by atoms with Gasteiger partial charge in [0.25, 0.3) is 10.0 Å². The van der Waals surface area contributed by atoms with Crippen molar-refractivity contribution in [3.05, 3.63) is 59.7 Å². The first-order valence-electron chi connectivity index (χ1n) is 10.5. The molecule has 0 atom stereocenters. The summed E-state index contributed by atoms with van der Waals surface area (Å²) < 4.78 is 27.7. The van der Waals surface area contributed by atoms with Crippen molar-refractivity contribution >= 4 is 39.3 Å². The molecule has 0 radical (unpaired) electrons. The van der Waals surface area contributed by atoms with E-state index in [9.17, 15) is 8.42 Å². The molecular weight excluding hydrogens is 440 g/mol. The highest BCUT2D eigenvalue weighted by atomic mass is 32.2. The Balaban J connectivity index is 1.71. The number of nitrogens with zero attached hydrogens (tertiary/aromatic N) is 4. The quantitative estimate of drug-likeness (QED) is 0.262. The molecule has 0 aliphatic heterocycles. The largest absolute Gasteiger partial charge is 0.354 e. The molecule has 4 N–H and O–H groups in total. The van der Waals surface area contributed by atoms with Crippen LogP contribution in [0.4, 0.5) is 23.5 Å². The molecule has 2 aromatic carbocycles. The van der Waals surface area contributed by atoms with Gasteiger partial charge in [0.05, 0.1) is 10.6 Å². The number of hydrazone groups is 1. The minimum absolute atomic E-state index is 0.213. The molecule has 0 amide bonds. The van der Waals surface area contributed by atoms with Gasteiger partial charge < -0.3 is 10.6 Å². The van der Waals surface area contributed by atoms with Gasteiger partial charge in [-0.2, -0.15) is 20.1 Å². The average Bonchev–Trinajstić information content (AvgIpc) is 2.78. The molecule has 3 rings (SSSR count). The SMILES string of the molecule is CCNc1nc(NCC)nc(N/N=C(/C)c2ccc(NS(=O)(=O)c3ccc(C)cc3)cc2)n1. The van der Waals surface area contributed by atoms with Crippen molar-refractivity contribution in [2.45, 2.75) is 32.6 Å². The Morgan fingerprint density at radius 3 is 1.94 bits per heavy atom. The van der Waals surface area contributed by atoms with Crippen LogP contribution >= 0.6 is 0 Å². The minimum atomic E-state index is -3.65. The summed E-state index contributed by atoms with van der Waals surface area (Å²) in [5.74, 6) is 1.20. The molecule has 11 heteroatoms. The zero-order valence-corrected chi connectivity index (χ0v) is 19.9. The van der Waals surface area contributed by atoms with Crippen molar-refractivity contribution in [1.29, 1.82) is 0 Å². The van der Waals surface area contributed by atoms with Gasteiger partial charge in [0.2, 0.25) is 17.8 Å². The number of hydrogen-bond acceptors (Lipinski definition) is 9. The lowest BCUT2D eigenvalue weighted by molar-refractivity contribution is 0.601. The summed E-state index contributed by atoms with van der Waals surface area (Å²) in [6.07, 6.45) is 0. The Hall–Kier alpha value is -3.73. The zero-order chi connectivity index (χ0) is 23.8. The van der Waals surface area contributed by atoms with Crippen LogP contribution in [0, 0.1) is 6.92 Å². The Morgan fingerprint density at radius 2 is 1.39 bits per heavy atom. The predicted octanol–water partition coefficient (Wildman–Crippen LogP) is 3.68. The number of rotatable bonds is 10. The first kappa shape index (κ1) is 23.9. The summed E-state index contributed by atoms with van der Waals surface area (Å²) in [5.41, 5.74) is 5.80. The second-order valence-corrected chi connectivity index (χ2v) is 8.85. The van der Waals surface area contributed by atoms with Crippen molar-refractivity contribution in [2.24, 2.45) is 5.10 Å². The maximum atomic E-state index is 12.6. The maximum absolute atomic E-state index is 12.6. The standard InChI is InChI=1S/C22H28N8O2S/c1-5-23-20-25-21(24-6-2)27-22(26-20)29-28-16(4)17-9-11-18(12-10-17)30-33(31,32)19-13-7-15(3)8-14-19/h7-14,30H,5-6H2,1-4H3,(H3,23,24,25,26,27,29)/b28-16-. The van der Waals surface area contributed by atoms with Gasteiger partial charge in [0, 0.05) is 18.8 Å². The number of hydrogen-bond donors (Lipinski definition) is 4. The van der Waals surface area contributed by atoms with E-state index in [1.807, 2.05) is 27.7 Å². The van der Waals surface area contributed by atoms with E-state index >= 15 is 0 Å². The Morgan fingerprint density at radius 1 is 0.848 bits per heavy atom. The molecule has 33 heavy (non-hydrogen) atoms. The monoisotopic (exact) mass is 468 g/mol. The third kappa shape index (κ3) is 6.62. The number of aryl methyl sites for hydroxylation is 1. The van der Waals surface area contributed by atoms with E-state index in [4.69, 9.17) is 0 Å². The molecule has 0 aliphatic rings. The lowest BCUT2D eigenvalue weighted by Gasteiger charge is -2.10. The molecule has 0 fully saturated rings. The normalized spacial score (nSPS) is 11.7. The molecule has 0 bridgehead atoms. The van der Waals surface area contributed by atoms with Gasteiger partial charge in [-0.05, 0) is 57.5 Å². The average molecular weight is 469 g/mol. The molecular formula is C22H28N8O2S. The molecule has 0 unspecified atom stereocenters. The molecule has 0 saturated carbocycles. The molecule has 3 aromatic rings. The Labute approximate surface area is 194 Å². The zero-order valence-electron chi connectivity index (χ0n) is 19.0. The third-order valence-corrected chi connectivity index (χ3v) is 5.91. The van der Waals surface area contributed by atoms with Crippen LogP contribution in [-0.2, 0) is 10.0 Å². The van der Waals surface area contributed by atoms with Gasteiger partial charge in [-0.15, -0.1) is 0 Å². The fraction of sp³-hybridized carbons (Fsp3) is 0.273. The number of sulfonamides is 1. The van der Waals surface area contributed by atoms with Gasteiger partial charge in [-0.1, -0.05) is 29.8 Å². The van der Waals surface area contributed by atoms with Gasteiger partial charge in [0.1, 0.15) is 0 Å². The van der Waals surface area contributed by atoms with Gasteiger partial charge in [0.15, 0.2) is 0 Å². The molecule has 1 heterocycles. The van der Waals surface area contributed by atoms with E-state index in [0.717, 1.165) is 11.1 Å². The van der Waals surface area contributed by atoms with Crippen LogP contribution in [-0.4, -0.2) is 42.2 Å². The van der Waals surface area contributed by atoms with Crippen LogP contribution in [0.2, 0.25) is 0 Å². The maximum Gasteiger partial charge on any atom is 0.261 e. The summed E-state index contributed by atoms with van der Waals surface area (Å²) in [4.78, 5) is 13.1. The molecule has 0 saturated heterocycles. The van der Waals surface area contributed by atoms with Crippen LogP contribution in [0.1, 0.15) is 31.9 Å². The number of nitrogens with one attached hydrogen (secondary N) is 4. The fourth-order valence-corrected chi connectivity index (χ4v) is 3.87. The minimum Gasteiger partial charge on any atom is -0.354 e. The van der Waals surface area contributed by atoms with E-state index in [2.05, 4.69) is 40.8 Å². The highest BCUT2D eigenvalue weighted by Gasteiger charge is 2.14. The fourth-order valence-electron chi connectivity index (χ4n) is 2.81. The Bertz CT molecular complexity index is 1190. The second kappa shape index (κ2) is 10.7. The van der Waals surface area contributed by atoms with Crippen LogP contribution < -0.4 is 20.8 Å². The van der Waals surface area contributed by atoms with Crippen molar-refractivity contribution in [3.8, 4) is 0 Å². The lowest BCUT2D eigenvalue weighted by atomic mass is 10.1. The topological polar surface area (TPSA) is 133 Å². The van der Waals surface area contributed by atoms with Crippen molar-refractivity contribution in [1.82, 2.24) is 15.0 Å². The van der Waals surface area contributed by atoms with E-state index < -0.39 is 10.0 Å². The Kier molecular flexibility index (Phi) is 7.78. The first-order valence-corrected chi connectivity index (χ1v) is 12.0. The smallest absolute Gasteiger partial charge is 0.261 e. The van der Waals surface area contributed by atoms with Crippen molar-refractivity contribution in [2.75, 3.05) is 33.9 Å². The van der Waals surface area contributed by atoms with Crippen LogP contribution in [0.15, 0.2) is 58.5 Å². The predicted molar refractivity (Wildman–Crippen MR) is 132 cm³/mol. The van der Waals surface area contributed by atoms with Gasteiger partial charge in [-0.3, -0.25) is 4.72 Å². The molecule has 174 valence electrons. The summed E-state index contributed by atoms with van der Waals surface area (Å²) in [7, 11) is -3.65. The summed E-state index contributed by atoms with van der Waals surface area (Å²) >= 11 is 0. The molecule has 10 nitrogen and oxygen atoms in total. The highest BCUT2D eigenvalue weighted by molar-refractivity contribution is 7.92.